The SMILES string of the molecule is C1=CCNC(c2ccc3c(c2)Oc2cccc(-c4ccc5c6ccccc6n(-c6ccccc6)c5c4)c2-c2ccccc2Oc2ccccc2-3)=C1. The molecule has 8 aromatic rings. The molecule has 0 amide bonds. The van der Waals surface area contributed by atoms with Gasteiger partial charge < -0.3 is 19.4 Å². The van der Waals surface area contributed by atoms with E-state index in [9.17, 15) is 0 Å². The number of ether oxygens (including phenoxy) is 2. The first-order valence-electron chi connectivity index (χ1n) is 17.3. The van der Waals surface area contributed by atoms with Crippen LogP contribution in [0, 0.1) is 0 Å². The third kappa shape index (κ3) is 4.92. The van der Waals surface area contributed by atoms with Crippen LogP contribution in [0.15, 0.2) is 176 Å². The monoisotopic (exact) mass is 656 g/mol. The fourth-order valence-electron chi connectivity index (χ4n) is 7.56. The minimum absolute atomic E-state index is 0.760. The van der Waals surface area contributed by atoms with E-state index in [2.05, 4.69) is 156 Å². The molecule has 3 heterocycles. The molecule has 2 aliphatic heterocycles. The Labute approximate surface area is 296 Å². The molecule has 0 radical (unpaired) electrons. The Morgan fingerprint density at radius 2 is 1.14 bits per heavy atom. The summed E-state index contributed by atoms with van der Waals surface area (Å²) in [5, 5.41) is 5.95. The molecule has 0 aliphatic carbocycles. The zero-order valence-corrected chi connectivity index (χ0v) is 27.7. The fourth-order valence-corrected chi connectivity index (χ4v) is 7.56. The van der Waals surface area contributed by atoms with Crippen LogP contribution >= 0.6 is 0 Å². The Bertz CT molecular complexity index is 2700. The van der Waals surface area contributed by atoms with Crippen LogP contribution < -0.4 is 14.8 Å². The number of benzene rings is 7. The first kappa shape index (κ1) is 29.2. The molecular formula is C47H32N2O2. The maximum absolute atomic E-state index is 7.12. The van der Waals surface area contributed by atoms with E-state index in [0.717, 1.165) is 85.4 Å². The van der Waals surface area contributed by atoms with Crippen LogP contribution in [0.2, 0.25) is 0 Å². The highest BCUT2D eigenvalue weighted by atomic mass is 16.5. The summed E-state index contributed by atoms with van der Waals surface area (Å²) in [6.45, 7) is 0.789. The Morgan fingerprint density at radius 1 is 0.471 bits per heavy atom. The maximum Gasteiger partial charge on any atom is 0.136 e. The molecule has 4 heteroatoms. The van der Waals surface area contributed by atoms with Gasteiger partial charge in [0, 0.05) is 56.5 Å². The van der Waals surface area contributed by atoms with E-state index in [1.54, 1.807) is 0 Å². The van der Waals surface area contributed by atoms with Gasteiger partial charge in [0.1, 0.15) is 23.0 Å². The third-order valence-electron chi connectivity index (χ3n) is 9.90. The number of nitrogens with one attached hydrogen (secondary N) is 1. The van der Waals surface area contributed by atoms with Crippen molar-refractivity contribution in [3.8, 4) is 62.1 Å². The van der Waals surface area contributed by atoms with Crippen LogP contribution in [0.25, 0.3) is 66.6 Å². The van der Waals surface area contributed by atoms with Crippen LogP contribution in [0.1, 0.15) is 5.56 Å². The van der Waals surface area contributed by atoms with Gasteiger partial charge in [-0.25, -0.2) is 0 Å². The zero-order valence-electron chi connectivity index (χ0n) is 27.7. The van der Waals surface area contributed by atoms with Gasteiger partial charge in [-0.2, -0.15) is 0 Å². The molecule has 2 aliphatic rings. The first-order valence-corrected chi connectivity index (χ1v) is 17.3. The van der Waals surface area contributed by atoms with Gasteiger partial charge in [-0.1, -0.05) is 115 Å². The molecule has 0 saturated carbocycles. The molecule has 51 heavy (non-hydrogen) atoms. The predicted octanol–water partition coefficient (Wildman–Crippen LogP) is 12.2. The highest BCUT2D eigenvalue weighted by Crippen LogP contribution is 2.50. The zero-order chi connectivity index (χ0) is 33.7. The molecule has 0 fully saturated rings. The average molecular weight is 657 g/mol. The molecule has 242 valence electrons. The molecule has 1 N–H and O–H groups in total. The van der Waals surface area contributed by atoms with Crippen molar-refractivity contribution in [2.75, 3.05) is 6.54 Å². The lowest BCUT2D eigenvalue weighted by atomic mass is 9.92. The van der Waals surface area contributed by atoms with E-state index >= 15 is 0 Å². The van der Waals surface area contributed by atoms with Gasteiger partial charge in [0.25, 0.3) is 0 Å². The molecule has 4 nitrogen and oxygen atoms in total. The van der Waals surface area contributed by atoms with Gasteiger partial charge in [-0.3, -0.25) is 0 Å². The van der Waals surface area contributed by atoms with Gasteiger partial charge in [0.15, 0.2) is 0 Å². The molecule has 10 rings (SSSR count). The number of aromatic nitrogens is 1. The van der Waals surface area contributed by atoms with Gasteiger partial charge in [-0.15, -0.1) is 0 Å². The smallest absolute Gasteiger partial charge is 0.136 e. The van der Waals surface area contributed by atoms with E-state index in [1.165, 1.54) is 16.3 Å². The van der Waals surface area contributed by atoms with Crippen LogP contribution in [0.5, 0.6) is 23.0 Å². The molecule has 1 aromatic heterocycles. The maximum atomic E-state index is 7.12. The highest BCUT2D eigenvalue weighted by Gasteiger charge is 2.24. The summed E-state index contributed by atoms with van der Waals surface area (Å²) >= 11 is 0. The standard InChI is InChI=1S/C47H32N2O2/c1-2-13-33(14-3-1)49-41-20-7-4-15-35(41)36-26-24-31(29-42(36)49)34-18-12-23-45-47(34)39-17-6-9-22-44(39)50-43-21-8-5-16-37(43)38-27-25-32(30-46(38)51-45)40-19-10-11-28-48-40/h1-27,29-30,48H,28H2. The Hall–Kier alpha value is -6.78. The predicted molar refractivity (Wildman–Crippen MR) is 209 cm³/mol. The van der Waals surface area contributed by atoms with Gasteiger partial charge in [-0.05, 0) is 71.8 Å². The Morgan fingerprint density at radius 3 is 2.00 bits per heavy atom. The van der Waals surface area contributed by atoms with E-state index in [0.29, 0.717) is 0 Å². The second kappa shape index (κ2) is 12.0. The minimum atomic E-state index is 0.760. The molecule has 0 spiro atoms. The van der Waals surface area contributed by atoms with Crippen molar-refractivity contribution in [2.24, 2.45) is 0 Å². The highest BCUT2D eigenvalue weighted by molar-refractivity contribution is 6.10. The van der Waals surface area contributed by atoms with Crippen LogP contribution in [-0.4, -0.2) is 11.1 Å². The normalized spacial score (nSPS) is 13.1. The molecular weight excluding hydrogens is 625 g/mol. The van der Waals surface area contributed by atoms with Crippen molar-refractivity contribution in [3.63, 3.8) is 0 Å². The summed E-state index contributed by atoms with van der Waals surface area (Å²) in [6.07, 6.45) is 6.31. The first-order chi connectivity index (χ1) is 25.3. The number of hydrogen-bond donors (Lipinski definition) is 1. The second-order valence-corrected chi connectivity index (χ2v) is 12.9. The molecule has 0 atom stereocenters. The van der Waals surface area contributed by atoms with E-state index in [4.69, 9.17) is 9.47 Å². The average Bonchev–Trinajstić information content (AvgIpc) is 3.53. The lowest BCUT2D eigenvalue weighted by molar-refractivity contribution is 0.472. The summed E-state index contributed by atoms with van der Waals surface area (Å²) in [6, 6.07) is 55.3. The second-order valence-electron chi connectivity index (χ2n) is 12.9. The van der Waals surface area contributed by atoms with E-state index in [-0.39, 0.29) is 0 Å². The van der Waals surface area contributed by atoms with Crippen LogP contribution in [-0.2, 0) is 0 Å². The van der Waals surface area contributed by atoms with Crippen molar-refractivity contribution in [1.82, 2.24) is 9.88 Å². The lowest BCUT2D eigenvalue weighted by Gasteiger charge is -2.24. The van der Waals surface area contributed by atoms with Crippen molar-refractivity contribution in [2.45, 2.75) is 0 Å². The molecule has 0 saturated heterocycles. The summed E-state index contributed by atoms with van der Waals surface area (Å²) in [5.41, 5.74) is 11.6. The van der Waals surface area contributed by atoms with Crippen molar-refractivity contribution in [3.05, 3.63) is 182 Å². The fraction of sp³-hybridized carbons (Fsp3) is 0.0213. The number of para-hydroxylation sites is 4. The number of nitrogens with zero attached hydrogens (tertiary/aromatic N) is 1. The van der Waals surface area contributed by atoms with Gasteiger partial charge in [0.05, 0.1) is 11.0 Å². The number of rotatable bonds is 3. The Kier molecular flexibility index (Phi) is 6.85. The Balaban J connectivity index is 1.23. The molecule has 0 bridgehead atoms. The number of dihydropyridines is 1. The lowest BCUT2D eigenvalue weighted by Crippen LogP contribution is -2.14. The number of allylic oxidation sites excluding steroid dienone is 2. The molecule has 7 aromatic carbocycles. The number of hydrogen-bond acceptors (Lipinski definition) is 3. The van der Waals surface area contributed by atoms with Gasteiger partial charge >= 0.3 is 0 Å². The quantitative estimate of drug-likeness (QED) is 0.206. The summed E-state index contributed by atoms with van der Waals surface area (Å²) in [5.74, 6) is 3.06. The minimum Gasteiger partial charge on any atom is -0.456 e. The van der Waals surface area contributed by atoms with Crippen LogP contribution in [0.4, 0.5) is 0 Å². The van der Waals surface area contributed by atoms with Crippen molar-refractivity contribution in [1.29, 1.82) is 0 Å². The van der Waals surface area contributed by atoms with Crippen molar-refractivity contribution < 1.29 is 9.47 Å². The number of fused-ring (bicyclic) bond motifs is 9. The van der Waals surface area contributed by atoms with Crippen molar-refractivity contribution >= 4 is 27.5 Å². The summed E-state index contributed by atoms with van der Waals surface area (Å²) in [7, 11) is 0. The largest absolute Gasteiger partial charge is 0.456 e. The van der Waals surface area contributed by atoms with E-state index in [1.807, 2.05) is 30.3 Å². The summed E-state index contributed by atoms with van der Waals surface area (Å²) < 4.78 is 16.3. The van der Waals surface area contributed by atoms with Gasteiger partial charge in [0.2, 0.25) is 0 Å². The topological polar surface area (TPSA) is 35.4 Å². The molecule has 0 unspecified atom stereocenters. The summed E-state index contributed by atoms with van der Waals surface area (Å²) in [4.78, 5) is 0. The van der Waals surface area contributed by atoms with Crippen LogP contribution in [0.3, 0.4) is 0 Å². The third-order valence-corrected chi connectivity index (χ3v) is 9.90. The van der Waals surface area contributed by atoms with E-state index < -0.39 is 0 Å².